The molecular formula is C68H132O17P2. The summed E-state index contributed by atoms with van der Waals surface area (Å²) < 4.78 is 68.2. The molecule has 19 heteroatoms. The van der Waals surface area contributed by atoms with Crippen molar-refractivity contribution in [2.24, 2.45) is 23.7 Å². The molecule has 0 aliphatic heterocycles. The molecule has 0 spiro atoms. The largest absolute Gasteiger partial charge is 0.472 e. The number of esters is 4. The topological polar surface area (TPSA) is 237 Å². The van der Waals surface area contributed by atoms with E-state index in [-0.39, 0.29) is 25.7 Å². The Labute approximate surface area is 530 Å². The van der Waals surface area contributed by atoms with Crippen LogP contribution in [0.25, 0.3) is 0 Å². The maximum Gasteiger partial charge on any atom is 0.472 e. The number of ether oxygens (including phenoxy) is 4. The highest BCUT2D eigenvalue weighted by Gasteiger charge is 2.30. The highest BCUT2D eigenvalue weighted by atomic mass is 31.2. The van der Waals surface area contributed by atoms with Crippen molar-refractivity contribution in [1.82, 2.24) is 0 Å². The van der Waals surface area contributed by atoms with Crippen LogP contribution in [-0.4, -0.2) is 96.7 Å². The second-order valence-corrected chi connectivity index (χ2v) is 29.1. The molecule has 0 aromatic carbocycles. The Morgan fingerprint density at radius 3 is 0.816 bits per heavy atom. The van der Waals surface area contributed by atoms with E-state index < -0.39 is 97.5 Å². The number of unbranched alkanes of at least 4 members (excludes halogenated alkanes) is 30. The minimum absolute atomic E-state index is 0.102. The van der Waals surface area contributed by atoms with Gasteiger partial charge in [0.1, 0.15) is 19.3 Å². The SMILES string of the molecule is CCC(C)CCCCCCCCC(=O)OC[C@H](COP(=O)(O)OC[C@H](O)COP(=O)(O)OC[C@@H](COC(=O)CCCCCCCCCCC(C)C)OC(=O)CCCCCCCCCC(C)C)OC(=O)CCCCCCCCCCCCCCCC(C)C. The van der Waals surface area contributed by atoms with E-state index in [2.05, 4.69) is 55.4 Å². The number of phosphoric ester groups is 2. The van der Waals surface area contributed by atoms with Gasteiger partial charge in [-0.3, -0.25) is 37.3 Å². The molecule has 0 aromatic rings. The summed E-state index contributed by atoms with van der Waals surface area (Å²) in [6.07, 6.45) is 39.1. The van der Waals surface area contributed by atoms with Gasteiger partial charge in [0, 0.05) is 25.7 Å². The third-order valence-corrected chi connectivity index (χ3v) is 17.8. The average Bonchev–Trinajstić information content (AvgIpc) is 3.68. The van der Waals surface area contributed by atoms with Crippen LogP contribution in [0, 0.1) is 23.7 Å². The van der Waals surface area contributed by atoms with Gasteiger partial charge in [-0.05, 0) is 49.4 Å². The summed E-state index contributed by atoms with van der Waals surface area (Å²) in [6.45, 7) is 14.0. The maximum atomic E-state index is 13.0. The molecule has 6 atom stereocenters. The van der Waals surface area contributed by atoms with Crippen LogP contribution in [0.5, 0.6) is 0 Å². The molecule has 3 unspecified atom stereocenters. The van der Waals surface area contributed by atoms with Gasteiger partial charge in [0.15, 0.2) is 12.2 Å². The Morgan fingerprint density at radius 1 is 0.322 bits per heavy atom. The molecule has 0 rings (SSSR count). The van der Waals surface area contributed by atoms with Crippen LogP contribution in [0.4, 0.5) is 0 Å². The summed E-state index contributed by atoms with van der Waals surface area (Å²) >= 11 is 0. The first-order valence-corrected chi connectivity index (χ1v) is 38.2. The molecular weight excluding hydrogens is 1150 g/mol. The van der Waals surface area contributed by atoms with Crippen molar-refractivity contribution >= 4 is 39.5 Å². The zero-order chi connectivity index (χ0) is 64.7. The first kappa shape index (κ1) is 85.1. The van der Waals surface area contributed by atoms with Crippen molar-refractivity contribution in [1.29, 1.82) is 0 Å². The summed E-state index contributed by atoms with van der Waals surface area (Å²) in [5.74, 6) is 0.804. The number of aliphatic hydroxyl groups is 1. The summed E-state index contributed by atoms with van der Waals surface area (Å²) in [5.41, 5.74) is 0. The fraction of sp³-hybridized carbons (Fsp3) is 0.941. The predicted octanol–water partition coefficient (Wildman–Crippen LogP) is 18.9. The van der Waals surface area contributed by atoms with Crippen molar-refractivity contribution in [2.75, 3.05) is 39.6 Å². The number of hydrogen-bond donors (Lipinski definition) is 3. The van der Waals surface area contributed by atoms with E-state index in [9.17, 15) is 43.2 Å². The van der Waals surface area contributed by atoms with E-state index >= 15 is 0 Å². The first-order chi connectivity index (χ1) is 41.6. The van der Waals surface area contributed by atoms with Crippen molar-refractivity contribution in [3.05, 3.63) is 0 Å². The number of hydrogen-bond acceptors (Lipinski definition) is 15. The van der Waals surface area contributed by atoms with Crippen LogP contribution in [-0.2, 0) is 65.4 Å². The van der Waals surface area contributed by atoms with Crippen LogP contribution >= 0.6 is 15.6 Å². The normalized spacial score (nSPS) is 14.6. The van der Waals surface area contributed by atoms with Crippen molar-refractivity contribution in [3.8, 4) is 0 Å². The molecule has 0 heterocycles. The van der Waals surface area contributed by atoms with Crippen LogP contribution in [0.1, 0.15) is 331 Å². The third kappa shape index (κ3) is 61.3. The van der Waals surface area contributed by atoms with Crippen molar-refractivity contribution in [2.45, 2.75) is 350 Å². The number of carbonyl (C=O) groups is 4. The molecule has 0 aliphatic rings. The molecule has 87 heavy (non-hydrogen) atoms. The van der Waals surface area contributed by atoms with Crippen molar-refractivity contribution in [3.63, 3.8) is 0 Å². The molecule has 0 radical (unpaired) electrons. The van der Waals surface area contributed by atoms with Gasteiger partial charge in [-0.1, -0.05) is 280 Å². The van der Waals surface area contributed by atoms with Gasteiger partial charge in [0.25, 0.3) is 0 Å². The van der Waals surface area contributed by atoms with E-state index in [1.807, 2.05) is 0 Å². The summed E-state index contributed by atoms with van der Waals surface area (Å²) in [5, 5.41) is 10.6. The number of carbonyl (C=O) groups excluding carboxylic acids is 4. The lowest BCUT2D eigenvalue weighted by atomic mass is 10.00. The summed E-state index contributed by atoms with van der Waals surface area (Å²) in [4.78, 5) is 72.4. The second-order valence-electron chi connectivity index (χ2n) is 26.2. The quantitative estimate of drug-likeness (QED) is 0.0222. The van der Waals surface area contributed by atoms with Crippen LogP contribution < -0.4 is 0 Å². The minimum Gasteiger partial charge on any atom is -0.462 e. The lowest BCUT2D eigenvalue weighted by Gasteiger charge is -2.21. The molecule has 17 nitrogen and oxygen atoms in total. The average molecular weight is 1280 g/mol. The lowest BCUT2D eigenvalue weighted by molar-refractivity contribution is -0.161. The molecule has 516 valence electrons. The Morgan fingerprint density at radius 2 is 0.552 bits per heavy atom. The molecule has 0 aliphatic carbocycles. The van der Waals surface area contributed by atoms with Gasteiger partial charge in [-0.25, -0.2) is 9.13 Å². The van der Waals surface area contributed by atoms with Crippen LogP contribution in [0.2, 0.25) is 0 Å². The smallest absolute Gasteiger partial charge is 0.462 e. The van der Waals surface area contributed by atoms with E-state index in [1.54, 1.807) is 0 Å². The molecule has 0 amide bonds. The van der Waals surface area contributed by atoms with Gasteiger partial charge in [0.2, 0.25) is 0 Å². The molecule has 0 bridgehead atoms. The Balaban J connectivity index is 5.24. The van der Waals surface area contributed by atoms with Crippen LogP contribution in [0.3, 0.4) is 0 Å². The highest BCUT2D eigenvalue weighted by Crippen LogP contribution is 2.45. The van der Waals surface area contributed by atoms with Gasteiger partial charge >= 0.3 is 39.5 Å². The van der Waals surface area contributed by atoms with Crippen LogP contribution in [0.15, 0.2) is 0 Å². The predicted molar refractivity (Wildman–Crippen MR) is 349 cm³/mol. The summed E-state index contributed by atoms with van der Waals surface area (Å²) in [6, 6.07) is 0. The van der Waals surface area contributed by atoms with Gasteiger partial charge < -0.3 is 33.8 Å². The maximum absolute atomic E-state index is 13.0. The first-order valence-electron chi connectivity index (χ1n) is 35.2. The zero-order valence-corrected chi connectivity index (χ0v) is 58.4. The number of phosphoric acid groups is 2. The Hall–Kier alpha value is -1.94. The molecule has 0 saturated heterocycles. The fourth-order valence-electron chi connectivity index (χ4n) is 10.1. The van der Waals surface area contributed by atoms with E-state index in [0.717, 1.165) is 114 Å². The Bertz CT molecular complexity index is 1730. The third-order valence-electron chi connectivity index (χ3n) is 15.9. The summed E-state index contributed by atoms with van der Waals surface area (Å²) in [7, 11) is -9.90. The standard InChI is InChI=1S/C68H132O17P2/c1-9-61(8)47-39-31-26-27-33-41-49-66(71)79-55-64(84-67(72)50-42-34-24-16-14-12-10-11-13-15-20-28-36-44-58(2)3)57-83-87(76,77)81-53-62(69)52-80-86(74,75)82-56-63(85-68(73)51-43-35-25-19-22-30-38-46-60(6)7)54-78-65(70)48-40-32-23-18-17-21-29-37-45-59(4)5/h58-64,69H,9-57H2,1-8H3,(H,74,75)(H,76,77)/t61?,62-,63-,64-/m1/s1. The van der Waals surface area contributed by atoms with E-state index in [4.69, 9.17) is 37.0 Å². The Kier molecular flexibility index (Phi) is 56.6. The fourth-order valence-corrected chi connectivity index (χ4v) is 11.7. The minimum atomic E-state index is -4.95. The van der Waals surface area contributed by atoms with E-state index in [0.29, 0.717) is 31.6 Å². The van der Waals surface area contributed by atoms with Crippen molar-refractivity contribution < 1.29 is 80.2 Å². The lowest BCUT2D eigenvalue weighted by Crippen LogP contribution is -2.30. The van der Waals surface area contributed by atoms with E-state index in [1.165, 1.54) is 128 Å². The number of rotatable bonds is 65. The monoisotopic (exact) mass is 1280 g/mol. The van der Waals surface area contributed by atoms with Gasteiger partial charge in [0.05, 0.1) is 26.4 Å². The number of aliphatic hydroxyl groups excluding tert-OH is 1. The van der Waals surface area contributed by atoms with Gasteiger partial charge in [-0.2, -0.15) is 0 Å². The molecule has 0 fully saturated rings. The molecule has 0 aromatic heterocycles. The highest BCUT2D eigenvalue weighted by molar-refractivity contribution is 7.47. The van der Waals surface area contributed by atoms with Gasteiger partial charge in [-0.15, -0.1) is 0 Å². The zero-order valence-electron chi connectivity index (χ0n) is 56.6. The molecule has 3 N–H and O–H groups in total. The second kappa shape index (κ2) is 57.9. The molecule has 0 saturated carbocycles.